The molecule has 2 fully saturated rings. The highest BCUT2D eigenvalue weighted by atomic mass is 16.5. The van der Waals surface area contributed by atoms with Gasteiger partial charge < -0.3 is 20.9 Å². The Balaban J connectivity index is 1.97. The molecule has 17 heavy (non-hydrogen) atoms. The maximum Gasteiger partial charge on any atom is 0.230 e. The fourth-order valence-corrected chi connectivity index (χ4v) is 2.70. The summed E-state index contributed by atoms with van der Waals surface area (Å²) in [5.74, 6) is 0.161. The molecular weight excluding hydrogens is 220 g/mol. The highest BCUT2D eigenvalue weighted by Crippen LogP contribution is 2.30. The van der Waals surface area contributed by atoms with Crippen molar-refractivity contribution in [2.24, 2.45) is 17.1 Å². The van der Waals surface area contributed by atoms with Gasteiger partial charge in [0.2, 0.25) is 5.91 Å². The van der Waals surface area contributed by atoms with E-state index in [2.05, 4.69) is 5.32 Å². The average Bonchev–Trinajstić information content (AvgIpc) is 2.87. The van der Waals surface area contributed by atoms with E-state index in [4.69, 9.17) is 10.5 Å². The number of nitrogens with one attached hydrogen (secondary N) is 1. The number of amides is 1. The van der Waals surface area contributed by atoms with Crippen LogP contribution < -0.4 is 11.1 Å². The third-order valence-corrected chi connectivity index (χ3v) is 4.25. The quantitative estimate of drug-likeness (QED) is 0.630. The summed E-state index contributed by atoms with van der Waals surface area (Å²) in [6, 6.07) is -0.145. The molecule has 5 nitrogen and oxygen atoms in total. The van der Waals surface area contributed by atoms with Crippen LogP contribution in [0.2, 0.25) is 0 Å². The lowest BCUT2D eigenvalue weighted by Crippen LogP contribution is -2.53. The van der Waals surface area contributed by atoms with Crippen molar-refractivity contribution in [3.8, 4) is 0 Å². The van der Waals surface area contributed by atoms with E-state index >= 15 is 0 Å². The van der Waals surface area contributed by atoms with E-state index in [1.165, 1.54) is 0 Å². The molecule has 1 saturated heterocycles. The Morgan fingerprint density at radius 3 is 2.94 bits per heavy atom. The number of ether oxygens (including phenoxy) is 1. The molecule has 5 heteroatoms. The Morgan fingerprint density at radius 2 is 2.35 bits per heavy atom. The lowest BCUT2D eigenvalue weighted by atomic mass is 9.84. The first-order chi connectivity index (χ1) is 8.08. The van der Waals surface area contributed by atoms with Crippen LogP contribution in [0.1, 0.15) is 26.2 Å². The summed E-state index contributed by atoms with van der Waals surface area (Å²) in [6.07, 6.45) is 3.00. The van der Waals surface area contributed by atoms with Gasteiger partial charge in [-0.3, -0.25) is 4.79 Å². The van der Waals surface area contributed by atoms with Gasteiger partial charge in [0.05, 0.1) is 18.6 Å². The number of nitrogens with two attached hydrogens (primary N) is 1. The number of aliphatic hydroxyl groups is 1. The molecule has 2 aliphatic rings. The van der Waals surface area contributed by atoms with Gasteiger partial charge in [-0.15, -0.1) is 0 Å². The van der Waals surface area contributed by atoms with E-state index in [-0.39, 0.29) is 30.5 Å². The average molecular weight is 242 g/mol. The van der Waals surface area contributed by atoms with Crippen LogP contribution in [0.3, 0.4) is 0 Å². The maximum atomic E-state index is 12.2. The number of carbonyl (C=O) groups excluding carboxylic acids is 1. The third-order valence-electron chi connectivity index (χ3n) is 4.25. The molecule has 0 radical (unpaired) electrons. The highest BCUT2D eigenvalue weighted by Gasteiger charge is 2.45. The fraction of sp³-hybridized carbons (Fsp3) is 0.917. The van der Waals surface area contributed by atoms with Crippen molar-refractivity contribution in [2.75, 3.05) is 19.8 Å². The molecular formula is C12H22N2O3. The summed E-state index contributed by atoms with van der Waals surface area (Å²) < 4.78 is 5.28. The maximum absolute atomic E-state index is 12.2. The van der Waals surface area contributed by atoms with Crippen LogP contribution >= 0.6 is 0 Å². The second kappa shape index (κ2) is 4.92. The van der Waals surface area contributed by atoms with Crippen LogP contribution in [0.25, 0.3) is 0 Å². The zero-order valence-electron chi connectivity index (χ0n) is 10.3. The first-order valence-corrected chi connectivity index (χ1v) is 6.33. The van der Waals surface area contributed by atoms with E-state index in [0.717, 1.165) is 19.3 Å². The Labute approximate surface area is 102 Å². The van der Waals surface area contributed by atoms with Crippen molar-refractivity contribution in [1.29, 1.82) is 0 Å². The number of carbonyl (C=O) groups is 1. The van der Waals surface area contributed by atoms with E-state index in [1.807, 2.05) is 6.92 Å². The van der Waals surface area contributed by atoms with Crippen LogP contribution in [0.4, 0.5) is 0 Å². The van der Waals surface area contributed by atoms with E-state index in [1.54, 1.807) is 0 Å². The number of rotatable bonds is 3. The molecule has 0 aromatic heterocycles. The van der Waals surface area contributed by atoms with Crippen LogP contribution in [0.15, 0.2) is 0 Å². The van der Waals surface area contributed by atoms with Gasteiger partial charge in [0.1, 0.15) is 0 Å². The van der Waals surface area contributed by atoms with E-state index < -0.39 is 5.41 Å². The van der Waals surface area contributed by atoms with Crippen molar-refractivity contribution < 1.29 is 14.6 Å². The molecule has 4 N–H and O–H groups in total. The van der Waals surface area contributed by atoms with Gasteiger partial charge in [0, 0.05) is 24.6 Å². The van der Waals surface area contributed by atoms with Crippen LogP contribution in [0, 0.1) is 11.3 Å². The minimum absolute atomic E-state index is 0.0344. The summed E-state index contributed by atoms with van der Waals surface area (Å²) in [5, 5.41) is 12.3. The highest BCUT2D eigenvalue weighted by molar-refractivity contribution is 5.84. The molecule has 1 aliphatic carbocycles. The molecule has 4 atom stereocenters. The summed E-state index contributed by atoms with van der Waals surface area (Å²) in [4.78, 5) is 12.2. The van der Waals surface area contributed by atoms with E-state index in [9.17, 15) is 9.90 Å². The summed E-state index contributed by atoms with van der Waals surface area (Å²) >= 11 is 0. The zero-order chi connectivity index (χ0) is 12.5. The lowest BCUT2D eigenvalue weighted by Gasteiger charge is -2.29. The molecule has 1 amide bonds. The SMILES string of the molecule is CC1(C(=O)NC2CCCC2CO)COCC1N. The molecule has 0 aromatic carbocycles. The van der Waals surface area contributed by atoms with Gasteiger partial charge in [-0.1, -0.05) is 6.42 Å². The lowest BCUT2D eigenvalue weighted by molar-refractivity contribution is -0.131. The Morgan fingerprint density at radius 1 is 1.59 bits per heavy atom. The third kappa shape index (κ3) is 2.32. The summed E-state index contributed by atoms with van der Waals surface area (Å²) in [7, 11) is 0. The minimum Gasteiger partial charge on any atom is -0.396 e. The molecule has 4 unspecified atom stereocenters. The number of hydrogen-bond acceptors (Lipinski definition) is 4. The molecule has 2 rings (SSSR count). The predicted molar refractivity (Wildman–Crippen MR) is 63.3 cm³/mol. The smallest absolute Gasteiger partial charge is 0.230 e. The second-order valence-electron chi connectivity index (χ2n) is 5.49. The fourth-order valence-electron chi connectivity index (χ4n) is 2.70. The van der Waals surface area contributed by atoms with Crippen LogP contribution in [-0.2, 0) is 9.53 Å². The molecule has 0 aromatic rings. The Bertz CT molecular complexity index is 297. The molecule has 1 heterocycles. The standard InChI is InChI=1S/C12H22N2O3/c1-12(7-17-6-10(12)13)11(16)14-9-4-2-3-8(9)5-15/h8-10,15H,2-7,13H2,1H3,(H,14,16). The molecule has 1 saturated carbocycles. The van der Waals surface area contributed by atoms with Gasteiger partial charge in [-0.2, -0.15) is 0 Å². The predicted octanol–water partition coefficient (Wildman–Crippen LogP) is -0.373. The van der Waals surface area contributed by atoms with Crippen molar-refractivity contribution in [2.45, 2.75) is 38.3 Å². The first-order valence-electron chi connectivity index (χ1n) is 6.33. The van der Waals surface area contributed by atoms with E-state index in [0.29, 0.717) is 13.2 Å². The normalized spacial score (nSPS) is 41.7. The minimum atomic E-state index is -0.622. The molecule has 98 valence electrons. The second-order valence-corrected chi connectivity index (χ2v) is 5.49. The molecule has 0 spiro atoms. The summed E-state index contributed by atoms with van der Waals surface area (Å²) in [5.41, 5.74) is 5.30. The molecule has 1 aliphatic heterocycles. The van der Waals surface area contributed by atoms with Gasteiger partial charge in [-0.25, -0.2) is 0 Å². The summed E-state index contributed by atoms with van der Waals surface area (Å²) in [6.45, 7) is 2.82. The molecule has 0 bridgehead atoms. The zero-order valence-corrected chi connectivity index (χ0v) is 10.3. The Hall–Kier alpha value is -0.650. The number of hydrogen-bond donors (Lipinski definition) is 3. The largest absolute Gasteiger partial charge is 0.396 e. The van der Waals surface area contributed by atoms with Crippen molar-refractivity contribution in [1.82, 2.24) is 5.32 Å². The number of aliphatic hydroxyl groups excluding tert-OH is 1. The van der Waals surface area contributed by atoms with Crippen LogP contribution in [0.5, 0.6) is 0 Å². The topological polar surface area (TPSA) is 84.6 Å². The monoisotopic (exact) mass is 242 g/mol. The van der Waals surface area contributed by atoms with Crippen molar-refractivity contribution >= 4 is 5.91 Å². The van der Waals surface area contributed by atoms with Gasteiger partial charge in [0.25, 0.3) is 0 Å². The van der Waals surface area contributed by atoms with Crippen molar-refractivity contribution in [3.63, 3.8) is 0 Å². The van der Waals surface area contributed by atoms with Crippen LogP contribution in [-0.4, -0.2) is 42.9 Å². The van der Waals surface area contributed by atoms with Gasteiger partial charge in [0.15, 0.2) is 0 Å². The van der Waals surface area contributed by atoms with Crippen molar-refractivity contribution in [3.05, 3.63) is 0 Å². The first kappa shape index (κ1) is 12.8. The van der Waals surface area contributed by atoms with Gasteiger partial charge >= 0.3 is 0 Å². The van der Waals surface area contributed by atoms with Gasteiger partial charge in [-0.05, 0) is 19.8 Å². The Kier molecular flexibility index (Phi) is 3.70.